The lowest BCUT2D eigenvalue weighted by atomic mass is 10.1. The molecule has 0 spiro atoms. The number of anilines is 1. The van der Waals surface area contributed by atoms with Gasteiger partial charge in [0.05, 0.1) is 11.6 Å². The molecule has 0 aromatic heterocycles. The summed E-state index contributed by atoms with van der Waals surface area (Å²) < 4.78 is 19.7. The smallest absolute Gasteiger partial charge is 0.279 e. The third-order valence-electron chi connectivity index (χ3n) is 5.35. The molecule has 0 bridgehead atoms. The molecule has 1 fully saturated rings. The lowest BCUT2D eigenvalue weighted by Crippen LogP contribution is -2.49. The molecule has 3 amide bonds. The zero-order valence-electron chi connectivity index (χ0n) is 17.4. The number of para-hydroxylation sites is 1. The zero-order valence-corrected chi connectivity index (χ0v) is 17.4. The van der Waals surface area contributed by atoms with E-state index < -0.39 is 29.7 Å². The van der Waals surface area contributed by atoms with Gasteiger partial charge in [-0.15, -0.1) is 0 Å². The number of hydrazine groups is 1. The minimum absolute atomic E-state index is 0.0324. The van der Waals surface area contributed by atoms with Crippen molar-refractivity contribution in [2.45, 2.75) is 19.4 Å². The molecule has 1 aliphatic rings. The summed E-state index contributed by atoms with van der Waals surface area (Å²) in [6.45, 7) is 1.60. The standard InChI is InChI=1S/C24H22FN3O4/c1-15(32-19-11-10-16-6-2-3-7-17(16)12-19)23(30)26-27-24(31)18-13-22(29)28(14-18)21-9-5-4-8-20(21)25/h2-12,15,18H,13-14H2,1H3,(H,26,30)(H,27,31). The van der Waals surface area contributed by atoms with Crippen molar-refractivity contribution in [2.75, 3.05) is 11.4 Å². The van der Waals surface area contributed by atoms with E-state index in [2.05, 4.69) is 10.9 Å². The number of carbonyl (C=O) groups is 3. The second-order valence-corrected chi connectivity index (χ2v) is 7.60. The lowest BCUT2D eigenvalue weighted by molar-refractivity contribution is -0.134. The Hall–Kier alpha value is -3.94. The summed E-state index contributed by atoms with van der Waals surface area (Å²) in [4.78, 5) is 38.3. The van der Waals surface area contributed by atoms with E-state index in [1.54, 1.807) is 19.1 Å². The largest absolute Gasteiger partial charge is 0.481 e. The predicted octanol–water partition coefficient (Wildman–Crippen LogP) is 2.95. The van der Waals surface area contributed by atoms with Crippen molar-refractivity contribution in [1.82, 2.24) is 10.9 Å². The van der Waals surface area contributed by atoms with Gasteiger partial charge in [0, 0.05) is 13.0 Å². The van der Waals surface area contributed by atoms with Gasteiger partial charge in [-0.2, -0.15) is 0 Å². The van der Waals surface area contributed by atoms with Gasteiger partial charge in [-0.3, -0.25) is 25.2 Å². The maximum absolute atomic E-state index is 14.0. The Balaban J connectivity index is 1.31. The summed E-state index contributed by atoms with van der Waals surface area (Å²) >= 11 is 0. The first kappa shape index (κ1) is 21.3. The molecule has 1 aliphatic heterocycles. The number of rotatable bonds is 5. The quantitative estimate of drug-likeness (QED) is 0.604. The fourth-order valence-electron chi connectivity index (χ4n) is 3.61. The summed E-state index contributed by atoms with van der Waals surface area (Å²) in [6, 6.07) is 19.2. The normalized spacial score (nSPS) is 16.6. The van der Waals surface area contributed by atoms with Crippen LogP contribution >= 0.6 is 0 Å². The summed E-state index contributed by atoms with van der Waals surface area (Å²) in [5.74, 6) is -2.13. The zero-order chi connectivity index (χ0) is 22.7. The molecule has 0 saturated carbocycles. The number of benzene rings is 3. The molecule has 0 radical (unpaired) electrons. The van der Waals surface area contributed by atoms with E-state index in [0.717, 1.165) is 10.8 Å². The lowest BCUT2D eigenvalue weighted by Gasteiger charge is -2.18. The fraction of sp³-hybridized carbons (Fsp3) is 0.208. The maximum atomic E-state index is 14.0. The van der Waals surface area contributed by atoms with Crippen LogP contribution in [0.4, 0.5) is 10.1 Å². The van der Waals surface area contributed by atoms with Crippen LogP contribution in [0.2, 0.25) is 0 Å². The summed E-state index contributed by atoms with van der Waals surface area (Å²) in [5, 5.41) is 2.04. The second-order valence-electron chi connectivity index (χ2n) is 7.60. The molecule has 3 aromatic rings. The van der Waals surface area contributed by atoms with E-state index in [1.165, 1.54) is 23.1 Å². The van der Waals surface area contributed by atoms with Crippen molar-refractivity contribution in [3.8, 4) is 5.75 Å². The average Bonchev–Trinajstić information content (AvgIpc) is 3.18. The minimum Gasteiger partial charge on any atom is -0.481 e. The van der Waals surface area contributed by atoms with E-state index in [0.29, 0.717) is 5.75 Å². The van der Waals surface area contributed by atoms with Crippen LogP contribution < -0.4 is 20.5 Å². The van der Waals surface area contributed by atoms with Gasteiger partial charge in [0.25, 0.3) is 5.91 Å². The molecule has 2 N–H and O–H groups in total. The van der Waals surface area contributed by atoms with E-state index in [-0.39, 0.29) is 24.6 Å². The van der Waals surface area contributed by atoms with Crippen molar-refractivity contribution in [1.29, 1.82) is 0 Å². The number of hydrogen-bond acceptors (Lipinski definition) is 4. The third-order valence-corrected chi connectivity index (χ3v) is 5.35. The van der Waals surface area contributed by atoms with Gasteiger partial charge in [0.1, 0.15) is 11.6 Å². The highest BCUT2D eigenvalue weighted by atomic mass is 19.1. The molecule has 8 heteroatoms. The van der Waals surface area contributed by atoms with E-state index in [9.17, 15) is 18.8 Å². The van der Waals surface area contributed by atoms with Crippen molar-refractivity contribution in [2.24, 2.45) is 5.92 Å². The molecule has 0 aliphatic carbocycles. The Morgan fingerprint density at radius 2 is 1.75 bits per heavy atom. The van der Waals surface area contributed by atoms with Crippen LogP contribution in [0.3, 0.4) is 0 Å². The average molecular weight is 435 g/mol. The minimum atomic E-state index is -0.864. The molecule has 3 aromatic carbocycles. The number of amides is 3. The number of hydrogen-bond donors (Lipinski definition) is 2. The SMILES string of the molecule is CC(Oc1ccc2ccccc2c1)C(=O)NNC(=O)C1CC(=O)N(c2ccccc2F)C1. The third kappa shape index (κ3) is 4.54. The van der Waals surface area contributed by atoms with Gasteiger partial charge in [0.2, 0.25) is 11.8 Å². The van der Waals surface area contributed by atoms with Crippen LogP contribution in [-0.4, -0.2) is 30.4 Å². The van der Waals surface area contributed by atoms with Crippen molar-refractivity contribution in [3.05, 3.63) is 72.5 Å². The number of fused-ring (bicyclic) bond motifs is 1. The van der Waals surface area contributed by atoms with Crippen LogP contribution in [0.1, 0.15) is 13.3 Å². The molecule has 164 valence electrons. The van der Waals surface area contributed by atoms with Crippen LogP contribution in [0, 0.1) is 11.7 Å². The Kier molecular flexibility index (Phi) is 6.02. The van der Waals surface area contributed by atoms with Crippen LogP contribution in [0.25, 0.3) is 10.8 Å². The predicted molar refractivity (Wildman–Crippen MR) is 117 cm³/mol. The van der Waals surface area contributed by atoms with Crippen molar-refractivity contribution in [3.63, 3.8) is 0 Å². The highest BCUT2D eigenvalue weighted by molar-refractivity contribution is 6.00. The van der Waals surface area contributed by atoms with Gasteiger partial charge >= 0.3 is 0 Å². The second kappa shape index (κ2) is 9.05. The number of halogens is 1. The molecule has 32 heavy (non-hydrogen) atoms. The number of carbonyl (C=O) groups excluding carboxylic acids is 3. The summed E-state index contributed by atoms with van der Waals surface area (Å²) in [7, 11) is 0. The van der Waals surface area contributed by atoms with Gasteiger partial charge in [0.15, 0.2) is 6.10 Å². The van der Waals surface area contributed by atoms with Crippen molar-refractivity contribution >= 4 is 34.2 Å². The van der Waals surface area contributed by atoms with Gasteiger partial charge in [-0.05, 0) is 42.0 Å². The van der Waals surface area contributed by atoms with Crippen molar-refractivity contribution < 1.29 is 23.5 Å². The molecular formula is C24H22FN3O4. The van der Waals surface area contributed by atoms with Gasteiger partial charge in [-0.25, -0.2) is 4.39 Å². The van der Waals surface area contributed by atoms with E-state index in [1.807, 2.05) is 36.4 Å². The molecule has 2 atom stereocenters. The number of nitrogens with zero attached hydrogens (tertiary/aromatic N) is 1. The monoisotopic (exact) mass is 435 g/mol. The Bertz CT molecular complexity index is 1180. The summed E-state index contributed by atoms with van der Waals surface area (Å²) in [5.41, 5.74) is 4.80. The molecular weight excluding hydrogens is 413 g/mol. The molecule has 1 heterocycles. The Morgan fingerprint density at radius 3 is 2.53 bits per heavy atom. The fourth-order valence-corrected chi connectivity index (χ4v) is 3.61. The van der Waals surface area contributed by atoms with Gasteiger partial charge in [-0.1, -0.05) is 42.5 Å². The maximum Gasteiger partial charge on any atom is 0.279 e. The Morgan fingerprint density at radius 1 is 1.03 bits per heavy atom. The van der Waals surface area contributed by atoms with Gasteiger partial charge < -0.3 is 9.64 Å². The molecule has 4 rings (SSSR count). The molecule has 7 nitrogen and oxygen atoms in total. The molecule has 1 saturated heterocycles. The molecule has 2 unspecified atom stereocenters. The number of ether oxygens (including phenoxy) is 1. The van der Waals surface area contributed by atoms with Crippen LogP contribution in [-0.2, 0) is 14.4 Å². The first-order valence-electron chi connectivity index (χ1n) is 10.2. The topological polar surface area (TPSA) is 87.7 Å². The van der Waals surface area contributed by atoms with Crippen LogP contribution in [0.5, 0.6) is 5.75 Å². The van der Waals surface area contributed by atoms with E-state index in [4.69, 9.17) is 4.74 Å². The van der Waals surface area contributed by atoms with E-state index >= 15 is 0 Å². The first-order valence-corrected chi connectivity index (χ1v) is 10.2. The van der Waals surface area contributed by atoms with Crippen LogP contribution in [0.15, 0.2) is 66.7 Å². The highest BCUT2D eigenvalue weighted by Crippen LogP contribution is 2.27. The highest BCUT2D eigenvalue weighted by Gasteiger charge is 2.36. The number of nitrogens with one attached hydrogen (secondary N) is 2. The Labute approximate surface area is 184 Å². The summed E-state index contributed by atoms with van der Waals surface area (Å²) in [6.07, 6.45) is -0.935. The first-order chi connectivity index (χ1) is 15.4.